The minimum absolute atomic E-state index is 0.0160. The van der Waals surface area contributed by atoms with E-state index in [4.69, 9.17) is 10.00 Å². The van der Waals surface area contributed by atoms with E-state index in [1.807, 2.05) is 30.0 Å². The SMILES string of the molecule is CCOc1ccccc1N1CCN(C(=O)c2ccc(C#N)cc2)CC1. The number of benzene rings is 2. The molecule has 25 heavy (non-hydrogen) atoms. The zero-order chi connectivity index (χ0) is 17.6. The average molecular weight is 335 g/mol. The van der Waals surface area contributed by atoms with Crippen LogP contribution in [0.4, 0.5) is 5.69 Å². The Morgan fingerprint density at radius 3 is 2.40 bits per heavy atom. The van der Waals surface area contributed by atoms with Crippen molar-refractivity contribution in [3.05, 3.63) is 59.7 Å². The lowest BCUT2D eigenvalue weighted by Crippen LogP contribution is -2.48. The van der Waals surface area contributed by atoms with Crippen LogP contribution in [0.15, 0.2) is 48.5 Å². The Hall–Kier alpha value is -3.00. The molecule has 1 amide bonds. The maximum Gasteiger partial charge on any atom is 0.253 e. The van der Waals surface area contributed by atoms with Crippen LogP contribution in [0.5, 0.6) is 5.75 Å². The summed E-state index contributed by atoms with van der Waals surface area (Å²) >= 11 is 0. The molecule has 1 saturated heterocycles. The van der Waals surface area contributed by atoms with E-state index in [-0.39, 0.29) is 5.91 Å². The third-order valence-corrected chi connectivity index (χ3v) is 4.33. The van der Waals surface area contributed by atoms with E-state index in [9.17, 15) is 4.79 Å². The zero-order valence-electron chi connectivity index (χ0n) is 14.3. The molecule has 3 rings (SSSR count). The van der Waals surface area contributed by atoms with Crippen molar-refractivity contribution in [1.29, 1.82) is 5.26 Å². The number of nitriles is 1. The molecule has 0 atom stereocenters. The fourth-order valence-corrected chi connectivity index (χ4v) is 3.02. The summed E-state index contributed by atoms with van der Waals surface area (Å²) < 4.78 is 5.71. The molecule has 0 saturated carbocycles. The molecule has 128 valence electrons. The van der Waals surface area contributed by atoms with Gasteiger partial charge in [0.25, 0.3) is 5.91 Å². The van der Waals surface area contributed by atoms with Gasteiger partial charge >= 0.3 is 0 Å². The van der Waals surface area contributed by atoms with Crippen molar-refractivity contribution >= 4 is 11.6 Å². The highest BCUT2D eigenvalue weighted by Gasteiger charge is 2.23. The van der Waals surface area contributed by atoms with Gasteiger partial charge in [0.2, 0.25) is 0 Å². The number of para-hydroxylation sites is 2. The lowest BCUT2D eigenvalue weighted by molar-refractivity contribution is 0.0746. The summed E-state index contributed by atoms with van der Waals surface area (Å²) in [6.07, 6.45) is 0. The third kappa shape index (κ3) is 3.74. The van der Waals surface area contributed by atoms with Crippen LogP contribution in [0.25, 0.3) is 0 Å². The summed E-state index contributed by atoms with van der Waals surface area (Å²) in [6, 6.07) is 16.9. The molecule has 2 aromatic rings. The lowest BCUT2D eigenvalue weighted by Gasteiger charge is -2.36. The number of nitrogens with zero attached hydrogens (tertiary/aromatic N) is 3. The number of anilines is 1. The second-order valence-corrected chi connectivity index (χ2v) is 5.87. The summed E-state index contributed by atoms with van der Waals surface area (Å²) in [6.45, 7) is 5.48. The minimum atomic E-state index is 0.0160. The summed E-state index contributed by atoms with van der Waals surface area (Å²) in [7, 11) is 0. The second kappa shape index (κ2) is 7.71. The summed E-state index contributed by atoms with van der Waals surface area (Å²) in [5.41, 5.74) is 2.27. The molecule has 0 radical (unpaired) electrons. The highest BCUT2D eigenvalue weighted by atomic mass is 16.5. The fraction of sp³-hybridized carbons (Fsp3) is 0.300. The predicted octanol–water partition coefficient (Wildman–Crippen LogP) is 2.92. The van der Waals surface area contributed by atoms with Gasteiger partial charge in [0, 0.05) is 31.7 Å². The summed E-state index contributed by atoms with van der Waals surface area (Å²) in [4.78, 5) is 16.7. The Kier molecular flexibility index (Phi) is 5.20. The van der Waals surface area contributed by atoms with E-state index < -0.39 is 0 Å². The van der Waals surface area contributed by atoms with Crippen LogP contribution in [0.3, 0.4) is 0 Å². The minimum Gasteiger partial charge on any atom is -0.492 e. The highest BCUT2D eigenvalue weighted by Crippen LogP contribution is 2.29. The number of ether oxygens (including phenoxy) is 1. The van der Waals surface area contributed by atoms with E-state index in [1.54, 1.807) is 24.3 Å². The van der Waals surface area contributed by atoms with Gasteiger partial charge in [0.05, 0.1) is 23.9 Å². The first-order chi connectivity index (χ1) is 12.2. The lowest BCUT2D eigenvalue weighted by atomic mass is 10.1. The number of amides is 1. The van der Waals surface area contributed by atoms with Gasteiger partial charge in [-0.25, -0.2) is 0 Å². The molecule has 0 spiro atoms. The normalized spacial score (nSPS) is 14.1. The van der Waals surface area contributed by atoms with Crippen LogP contribution < -0.4 is 9.64 Å². The van der Waals surface area contributed by atoms with Crippen LogP contribution in [-0.2, 0) is 0 Å². The number of piperazine rings is 1. The van der Waals surface area contributed by atoms with Gasteiger partial charge in [-0.05, 0) is 43.3 Å². The van der Waals surface area contributed by atoms with Crippen molar-refractivity contribution in [1.82, 2.24) is 4.90 Å². The molecule has 1 fully saturated rings. The van der Waals surface area contributed by atoms with E-state index in [1.165, 1.54) is 0 Å². The van der Waals surface area contributed by atoms with Gasteiger partial charge in [0.15, 0.2) is 0 Å². The largest absolute Gasteiger partial charge is 0.492 e. The van der Waals surface area contributed by atoms with Crippen LogP contribution in [0, 0.1) is 11.3 Å². The van der Waals surface area contributed by atoms with Crippen molar-refractivity contribution in [2.75, 3.05) is 37.7 Å². The smallest absolute Gasteiger partial charge is 0.253 e. The maximum absolute atomic E-state index is 12.6. The Bertz CT molecular complexity index is 772. The van der Waals surface area contributed by atoms with Crippen LogP contribution in [0.2, 0.25) is 0 Å². The highest BCUT2D eigenvalue weighted by molar-refractivity contribution is 5.94. The Labute approximate surface area is 148 Å². The molecule has 1 aliphatic heterocycles. The number of hydrogen-bond donors (Lipinski definition) is 0. The van der Waals surface area contributed by atoms with Gasteiger partial charge in [0.1, 0.15) is 5.75 Å². The van der Waals surface area contributed by atoms with Gasteiger partial charge in [-0.2, -0.15) is 5.26 Å². The van der Waals surface area contributed by atoms with Gasteiger partial charge in [-0.1, -0.05) is 12.1 Å². The molecular weight excluding hydrogens is 314 g/mol. The molecule has 0 N–H and O–H groups in total. The van der Waals surface area contributed by atoms with E-state index in [0.29, 0.717) is 30.8 Å². The Balaban J connectivity index is 1.65. The van der Waals surface area contributed by atoms with Crippen LogP contribution in [-0.4, -0.2) is 43.6 Å². The number of hydrogen-bond acceptors (Lipinski definition) is 4. The Morgan fingerprint density at radius 1 is 1.08 bits per heavy atom. The van der Waals surface area contributed by atoms with Gasteiger partial charge in [-0.15, -0.1) is 0 Å². The van der Waals surface area contributed by atoms with E-state index >= 15 is 0 Å². The summed E-state index contributed by atoms with van der Waals surface area (Å²) in [5, 5.41) is 8.85. The number of carbonyl (C=O) groups excluding carboxylic acids is 1. The topological polar surface area (TPSA) is 56.6 Å². The molecule has 0 unspecified atom stereocenters. The van der Waals surface area contributed by atoms with Crippen molar-refractivity contribution in [2.45, 2.75) is 6.92 Å². The molecule has 2 aromatic carbocycles. The first kappa shape index (κ1) is 16.8. The zero-order valence-corrected chi connectivity index (χ0v) is 14.3. The fourth-order valence-electron chi connectivity index (χ4n) is 3.02. The van der Waals surface area contributed by atoms with Crippen molar-refractivity contribution in [3.63, 3.8) is 0 Å². The Morgan fingerprint density at radius 2 is 1.76 bits per heavy atom. The van der Waals surface area contributed by atoms with Crippen molar-refractivity contribution in [3.8, 4) is 11.8 Å². The molecule has 5 nitrogen and oxygen atoms in total. The van der Waals surface area contributed by atoms with E-state index in [0.717, 1.165) is 24.5 Å². The molecular formula is C20H21N3O2. The molecule has 0 aliphatic carbocycles. The van der Waals surface area contributed by atoms with Gasteiger partial charge in [-0.3, -0.25) is 4.79 Å². The van der Waals surface area contributed by atoms with Crippen LogP contribution in [0.1, 0.15) is 22.8 Å². The molecule has 1 heterocycles. The molecule has 0 bridgehead atoms. The maximum atomic E-state index is 12.6. The standard InChI is InChI=1S/C20H21N3O2/c1-2-25-19-6-4-3-5-18(19)22-11-13-23(14-12-22)20(24)17-9-7-16(15-21)8-10-17/h3-10H,2,11-14H2,1H3. The third-order valence-electron chi connectivity index (χ3n) is 4.33. The molecule has 5 heteroatoms. The first-order valence-electron chi connectivity index (χ1n) is 8.49. The average Bonchev–Trinajstić information content (AvgIpc) is 2.68. The van der Waals surface area contributed by atoms with Crippen molar-refractivity contribution in [2.24, 2.45) is 0 Å². The van der Waals surface area contributed by atoms with Crippen molar-refractivity contribution < 1.29 is 9.53 Å². The molecule has 0 aromatic heterocycles. The second-order valence-electron chi connectivity index (χ2n) is 5.87. The summed E-state index contributed by atoms with van der Waals surface area (Å²) in [5.74, 6) is 0.902. The molecule has 1 aliphatic rings. The number of rotatable bonds is 4. The first-order valence-corrected chi connectivity index (χ1v) is 8.49. The quantitative estimate of drug-likeness (QED) is 0.862. The number of carbonyl (C=O) groups is 1. The monoisotopic (exact) mass is 335 g/mol. The predicted molar refractivity (Wildman–Crippen MR) is 96.9 cm³/mol. The van der Waals surface area contributed by atoms with Gasteiger partial charge < -0.3 is 14.5 Å². The van der Waals surface area contributed by atoms with E-state index in [2.05, 4.69) is 17.0 Å². The van der Waals surface area contributed by atoms with Crippen LogP contribution >= 0.6 is 0 Å².